The average Bonchev–Trinajstić information content (AvgIpc) is 2.45. The fourth-order valence-corrected chi connectivity index (χ4v) is 2.86. The molecule has 3 nitrogen and oxygen atoms in total. The molecule has 0 amide bonds. The van der Waals surface area contributed by atoms with Crippen molar-refractivity contribution in [3.8, 4) is 0 Å². The molecule has 0 heterocycles. The highest BCUT2D eigenvalue weighted by Gasteiger charge is 2.24. The number of aliphatic hydroxyl groups excluding tert-OH is 1. The Morgan fingerprint density at radius 2 is 2.00 bits per heavy atom. The molecule has 0 aromatic heterocycles. The van der Waals surface area contributed by atoms with Crippen LogP contribution in [0.15, 0.2) is 0 Å². The van der Waals surface area contributed by atoms with Crippen LogP contribution in [0.3, 0.4) is 0 Å². The van der Waals surface area contributed by atoms with Gasteiger partial charge in [0.15, 0.2) is 0 Å². The Morgan fingerprint density at radius 1 is 1.28 bits per heavy atom. The summed E-state index contributed by atoms with van der Waals surface area (Å²) in [7, 11) is 1.93. The van der Waals surface area contributed by atoms with Crippen molar-refractivity contribution in [2.75, 3.05) is 26.9 Å². The molecule has 1 atom stereocenters. The molecule has 0 saturated heterocycles. The molecule has 1 saturated carbocycles. The van der Waals surface area contributed by atoms with E-state index in [1.807, 2.05) is 7.05 Å². The number of likely N-dealkylation sites (N-methyl/N-ethyl adjacent to an activating group) is 1. The predicted molar refractivity (Wildman–Crippen MR) is 75.8 cm³/mol. The van der Waals surface area contributed by atoms with Gasteiger partial charge >= 0.3 is 0 Å². The fraction of sp³-hybridized carbons (Fsp3) is 1.00. The van der Waals surface area contributed by atoms with Crippen LogP contribution in [0.25, 0.3) is 0 Å². The molecule has 108 valence electrons. The van der Waals surface area contributed by atoms with Gasteiger partial charge in [0, 0.05) is 18.8 Å². The van der Waals surface area contributed by atoms with Gasteiger partial charge < -0.3 is 15.2 Å². The van der Waals surface area contributed by atoms with Gasteiger partial charge in [-0.3, -0.25) is 0 Å². The molecule has 0 aromatic carbocycles. The topological polar surface area (TPSA) is 41.5 Å². The first-order valence-corrected chi connectivity index (χ1v) is 7.64. The first-order chi connectivity index (χ1) is 8.76. The van der Waals surface area contributed by atoms with Gasteiger partial charge in [0.1, 0.15) is 0 Å². The largest absolute Gasteiger partial charge is 0.394 e. The minimum absolute atomic E-state index is 0.103. The zero-order valence-electron chi connectivity index (χ0n) is 12.2. The maximum atomic E-state index is 9.43. The van der Waals surface area contributed by atoms with E-state index in [2.05, 4.69) is 12.2 Å². The van der Waals surface area contributed by atoms with Crippen LogP contribution >= 0.6 is 0 Å². The van der Waals surface area contributed by atoms with E-state index in [9.17, 15) is 5.11 Å². The number of rotatable bonds is 9. The second kappa shape index (κ2) is 8.89. The van der Waals surface area contributed by atoms with Crippen molar-refractivity contribution in [2.24, 2.45) is 5.92 Å². The Hall–Kier alpha value is -0.120. The monoisotopic (exact) mass is 257 g/mol. The minimum atomic E-state index is -0.103. The van der Waals surface area contributed by atoms with Crippen molar-refractivity contribution in [2.45, 2.75) is 63.8 Å². The molecule has 0 radical (unpaired) electrons. The van der Waals surface area contributed by atoms with Crippen molar-refractivity contribution in [3.05, 3.63) is 0 Å². The van der Waals surface area contributed by atoms with E-state index in [4.69, 9.17) is 4.74 Å². The van der Waals surface area contributed by atoms with Gasteiger partial charge in [-0.1, -0.05) is 26.2 Å². The number of hydrogen-bond acceptors (Lipinski definition) is 3. The predicted octanol–water partition coefficient (Wildman–Crippen LogP) is 2.72. The highest BCUT2D eigenvalue weighted by molar-refractivity contribution is 4.84. The van der Waals surface area contributed by atoms with Gasteiger partial charge in [-0.05, 0) is 45.1 Å². The van der Waals surface area contributed by atoms with Gasteiger partial charge in [-0.2, -0.15) is 0 Å². The van der Waals surface area contributed by atoms with E-state index in [1.165, 1.54) is 32.1 Å². The average molecular weight is 257 g/mol. The van der Waals surface area contributed by atoms with Crippen LogP contribution in [0.5, 0.6) is 0 Å². The van der Waals surface area contributed by atoms with Crippen LogP contribution < -0.4 is 5.32 Å². The van der Waals surface area contributed by atoms with E-state index < -0.39 is 0 Å². The molecule has 1 fully saturated rings. The molecule has 3 heteroatoms. The smallest absolute Gasteiger partial charge is 0.0613 e. The van der Waals surface area contributed by atoms with Crippen LogP contribution in [0, 0.1) is 5.92 Å². The van der Waals surface area contributed by atoms with E-state index in [0.29, 0.717) is 0 Å². The van der Waals surface area contributed by atoms with Gasteiger partial charge in [-0.25, -0.2) is 0 Å². The third-order valence-electron chi connectivity index (χ3n) is 4.53. The van der Waals surface area contributed by atoms with Crippen LogP contribution in [-0.4, -0.2) is 37.5 Å². The summed E-state index contributed by atoms with van der Waals surface area (Å²) in [6, 6.07) is 0. The van der Waals surface area contributed by atoms with Crippen LogP contribution in [0.2, 0.25) is 0 Å². The number of ether oxygens (including phenoxy) is 1. The van der Waals surface area contributed by atoms with Gasteiger partial charge in [0.05, 0.1) is 6.61 Å². The molecule has 2 N–H and O–H groups in total. The van der Waals surface area contributed by atoms with E-state index in [1.54, 1.807) is 0 Å². The summed E-state index contributed by atoms with van der Waals surface area (Å²) in [5.41, 5.74) is -0.103. The summed E-state index contributed by atoms with van der Waals surface area (Å²) in [6.07, 6.45) is 9.87. The summed E-state index contributed by atoms with van der Waals surface area (Å²) in [5.74, 6) is 0.803. The number of hydrogen-bond donors (Lipinski definition) is 2. The van der Waals surface area contributed by atoms with Crippen molar-refractivity contribution in [1.82, 2.24) is 5.32 Å². The zero-order valence-corrected chi connectivity index (χ0v) is 12.2. The Bertz CT molecular complexity index is 190. The van der Waals surface area contributed by atoms with Gasteiger partial charge in [0.25, 0.3) is 0 Å². The van der Waals surface area contributed by atoms with E-state index in [-0.39, 0.29) is 12.1 Å². The minimum Gasteiger partial charge on any atom is -0.394 e. The third kappa shape index (κ3) is 5.25. The Morgan fingerprint density at radius 3 is 2.56 bits per heavy atom. The molecule has 0 aromatic rings. The maximum absolute atomic E-state index is 9.43. The van der Waals surface area contributed by atoms with Crippen molar-refractivity contribution in [1.29, 1.82) is 0 Å². The maximum Gasteiger partial charge on any atom is 0.0613 e. The van der Waals surface area contributed by atoms with E-state index >= 15 is 0 Å². The second-order valence-electron chi connectivity index (χ2n) is 5.72. The van der Waals surface area contributed by atoms with Gasteiger partial charge in [-0.15, -0.1) is 0 Å². The Labute approximate surface area is 112 Å². The SMILES string of the molecule is CCC(CO)(CCCOCC1CCCCC1)NC. The lowest BCUT2D eigenvalue weighted by Crippen LogP contribution is -2.46. The summed E-state index contributed by atoms with van der Waals surface area (Å²) < 4.78 is 5.79. The first kappa shape index (κ1) is 15.9. The van der Waals surface area contributed by atoms with Crippen molar-refractivity contribution in [3.63, 3.8) is 0 Å². The molecular weight excluding hydrogens is 226 g/mol. The lowest BCUT2D eigenvalue weighted by molar-refractivity contribution is 0.0722. The Balaban J connectivity index is 2.06. The molecule has 0 spiro atoms. The van der Waals surface area contributed by atoms with Crippen molar-refractivity contribution >= 4 is 0 Å². The lowest BCUT2D eigenvalue weighted by atomic mass is 9.90. The molecule has 1 aliphatic rings. The van der Waals surface area contributed by atoms with Crippen molar-refractivity contribution < 1.29 is 9.84 Å². The normalized spacial score (nSPS) is 20.8. The molecule has 1 aliphatic carbocycles. The summed E-state index contributed by atoms with van der Waals surface area (Å²) in [4.78, 5) is 0. The summed E-state index contributed by atoms with van der Waals surface area (Å²) in [6.45, 7) is 4.11. The molecule has 0 aliphatic heterocycles. The standard InChI is InChI=1S/C15H31NO2/c1-3-15(13-17,16-2)10-7-11-18-12-14-8-5-4-6-9-14/h14,16-17H,3-13H2,1-2H3. The van der Waals surface area contributed by atoms with Crippen LogP contribution in [0.1, 0.15) is 58.3 Å². The number of nitrogens with one attached hydrogen (secondary N) is 1. The zero-order chi connectivity index (χ0) is 13.3. The molecule has 18 heavy (non-hydrogen) atoms. The molecule has 1 unspecified atom stereocenters. The Kier molecular flexibility index (Phi) is 7.87. The first-order valence-electron chi connectivity index (χ1n) is 7.64. The highest BCUT2D eigenvalue weighted by Crippen LogP contribution is 2.24. The fourth-order valence-electron chi connectivity index (χ4n) is 2.86. The third-order valence-corrected chi connectivity index (χ3v) is 4.53. The summed E-state index contributed by atoms with van der Waals surface area (Å²) in [5, 5.41) is 12.7. The quantitative estimate of drug-likeness (QED) is 0.624. The highest BCUT2D eigenvalue weighted by atomic mass is 16.5. The lowest BCUT2D eigenvalue weighted by Gasteiger charge is -2.30. The molecule has 0 bridgehead atoms. The number of aliphatic hydroxyl groups is 1. The molecule has 1 rings (SSSR count). The molecular formula is C15H31NO2. The second-order valence-corrected chi connectivity index (χ2v) is 5.72. The summed E-state index contributed by atoms with van der Waals surface area (Å²) >= 11 is 0. The van der Waals surface area contributed by atoms with Crippen LogP contribution in [-0.2, 0) is 4.74 Å². The van der Waals surface area contributed by atoms with Crippen LogP contribution in [0.4, 0.5) is 0 Å². The van der Waals surface area contributed by atoms with Gasteiger partial charge in [0.2, 0.25) is 0 Å². The van der Waals surface area contributed by atoms with E-state index in [0.717, 1.165) is 38.4 Å².